The van der Waals surface area contributed by atoms with Crippen molar-refractivity contribution in [1.82, 2.24) is 0 Å². The van der Waals surface area contributed by atoms with Crippen molar-refractivity contribution >= 4 is 5.97 Å². The van der Waals surface area contributed by atoms with Crippen LogP contribution in [0.1, 0.15) is 23.5 Å². The molecule has 6 nitrogen and oxygen atoms in total. The highest BCUT2D eigenvalue weighted by Gasteiger charge is 2.30. The molecule has 1 heterocycles. The number of esters is 1. The molecule has 0 amide bonds. The average Bonchev–Trinajstić information content (AvgIpc) is 2.65. The summed E-state index contributed by atoms with van der Waals surface area (Å²) in [6, 6.07) is 9.11. The lowest BCUT2D eigenvalue weighted by atomic mass is 9.86. The summed E-state index contributed by atoms with van der Waals surface area (Å²) in [6.45, 7) is 0. The minimum Gasteiger partial charge on any atom is -0.497 e. The van der Waals surface area contributed by atoms with Crippen LogP contribution in [0.15, 0.2) is 30.3 Å². The molecule has 0 spiro atoms. The van der Waals surface area contributed by atoms with Crippen molar-refractivity contribution in [2.45, 2.75) is 12.3 Å². The summed E-state index contributed by atoms with van der Waals surface area (Å²) in [6.07, 6.45) is 0.221. The van der Waals surface area contributed by atoms with Gasteiger partial charge < -0.3 is 23.7 Å². The average molecular weight is 344 g/mol. The molecule has 0 aromatic heterocycles. The highest BCUT2D eigenvalue weighted by atomic mass is 16.5. The molecule has 3 rings (SSSR count). The van der Waals surface area contributed by atoms with Crippen molar-refractivity contribution in [2.24, 2.45) is 0 Å². The van der Waals surface area contributed by atoms with Gasteiger partial charge in [-0.15, -0.1) is 0 Å². The van der Waals surface area contributed by atoms with Crippen molar-refractivity contribution in [3.63, 3.8) is 0 Å². The van der Waals surface area contributed by atoms with E-state index in [2.05, 4.69) is 0 Å². The van der Waals surface area contributed by atoms with E-state index in [9.17, 15) is 4.79 Å². The zero-order valence-corrected chi connectivity index (χ0v) is 14.6. The smallest absolute Gasteiger partial charge is 0.312 e. The Balaban J connectivity index is 2.15. The fraction of sp³-hybridized carbons (Fsp3) is 0.316. The Hall–Kier alpha value is -2.89. The zero-order valence-electron chi connectivity index (χ0n) is 14.6. The molecule has 1 aliphatic rings. The monoisotopic (exact) mass is 344 g/mol. The minimum atomic E-state index is -0.281. The number of methoxy groups -OCH3 is 4. The van der Waals surface area contributed by atoms with Crippen molar-refractivity contribution in [3.05, 3.63) is 41.5 Å². The summed E-state index contributed by atoms with van der Waals surface area (Å²) >= 11 is 0. The number of fused-ring (bicyclic) bond motifs is 1. The highest BCUT2D eigenvalue weighted by molar-refractivity contribution is 5.78. The minimum absolute atomic E-state index is 0.194. The second-order valence-electron chi connectivity index (χ2n) is 5.59. The fourth-order valence-corrected chi connectivity index (χ4v) is 3.06. The molecule has 132 valence electrons. The lowest BCUT2D eigenvalue weighted by Gasteiger charge is -2.26. The maximum absolute atomic E-state index is 12.1. The van der Waals surface area contributed by atoms with Gasteiger partial charge in [-0.1, -0.05) is 0 Å². The normalized spacial score (nSPS) is 15.8. The van der Waals surface area contributed by atoms with Crippen LogP contribution in [-0.2, 0) is 4.79 Å². The van der Waals surface area contributed by atoms with Crippen LogP contribution in [0.4, 0.5) is 0 Å². The van der Waals surface area contributed by atoms with Crippen LogP contribution in [0.5, 0.6) is 28.7 Å². The van der Waals surface area contributed by atoms with E-state index in [4.69, 9.17) is 23.7 Å². The largest absolute Gasteiger partial charge is 0.497 e. The molecule has 0 radical (unpaired) electrons. The summed E-state index contributed by atoms with van der Waals surface area (Å²) < 4.78 is 26.9. The third kappa shape index (κ3) is 3.07. The molecule has 0 fully saturated rings. The molecule has 0 saturated carbocycles. The predicted octanol–water partition coefficient (Wildman–Crippen LogP) is 3.16. The third-order valence-electron chi connectivity index (χ3n) is 4.28. The maximum atomic E-state index is 12.1. The van der Waals surface area contributed by atoms with Crippen molar-refractivity contribution in [3.8, 4) is 28.7 Å². The Labute approximate surface area is 146 Å². The Morgan fingerprint density at radius 1 is 0.920 bits per heavy atom. The second-order valence-corrected chi connectivity index (χ2v) is 5.59. The second kappa shape index (κ2) is 6.93. The van der Waals surface area contributed by atoms with Crippen LogP contribution < -0.4 is 23.7 Å². The first kappa shape index (κ1) is 17.0. The van der Waals surface area contributed by atoms with E-state index in [0.29, 0.717) is 28.7 Å². The van der Waals surface area contributed by atoms with E-state index in [1.807, 2.05) is 18.2 Å². The molecule has 1 atom stereocenters. The lowest BCUT2D eigenvalue weighted by molar-refractivity contribution is -0.135. The summed E-state index contributed by atoms with van der Waals surface area (Å²) in [4.78, 5) is 12.1. The van der Waals surface area contributed by atoms with Crippen LogP contribution in [-0.4, -0.2) is 34.4 Å². The number of ether oxygens (including phenoxy) is 5. The lowest BCUT2D eigenvalue weighted by Crippen LogP contribution is -2.21. The molecule has 0 saturated heterocycles. The van der Waals surface area contributed by atoms with Gasteiger partial charge in [0.25, 0.3) is 0 Å². The van der Waals surface area contributed by atoms with E-state index < -0.39 is 0 Å². The molecule has 1 unspecified atom stereocenters. The number of carbonyl (C=O) groups is 1. The first-order chi connectivity index (χ1) is 12.1. The van der Waals surface area contributed by atoms with Crippen molar-refractivity contribution in [2.75, 3.05) is 28.4 Å². The first-order valence-electron chi connectivity index (χ1n) is 7.79. The Morgan fingerprint density at radius 2 is 1.60 bits per heavy atom. The van der Waals surface area contributed by atoms with E-state index in [-0.39, 0.29) is 18.3 Å². The van der Waals surface area contributed by atoms with Crippen LogP contribution in [0.2, 0.25) is 0 Å². The van der Waals surface area contributed by atoms with Crippen LogP contribution in [0.25, 0.3) is 0 Å². The highest BCUT2D eigenvalue weighted by Crippen LogP contribution is 2.45. The SMILES string of the molecule is COc1ccc2c(c1)C(c1cc(OC)c(OC)c(OC)c1)CC(=O)O2. The number of hydrogen-bond acceptors (Lipinski definition) is 6. The predicted molar refractivity (Wildman–Crippen MR) is 91.2 cm³/mol. The molecule has 0 N–H and O–H groups in total. The summed E-state index contributed by atoms with van der Waals surface area (Å²) in [5.74, 6) is 2.36. The summed E-state index contributed by atoms with van der Waals surface area (Å²) in [5, 5.41) is 0. The van der Waals surface area contributed by atoms with Gasteiger partial charge in [-0.2, -0.15) is 0 Å². The fourth-order valence-electron chi connectivity index (χ4n) is 3.06. The van der Waals surface area contributed by atoms with Gasteiger partial charge in [-0.05, 0) is 35.9 Å². The van der Waals surface area contributed by atoms with Gasteiger partial charge >= 0.3 is 5.97 Å². The van der Waals surface area contributed by atoms with Gasteiger partial charge in [-0.3, -0.25) is 4.79 Å². The molecule has 2 aromatic carbocycles. The molecule has 0 bridgehead atoms. The first-order valence-corrected chi connectivity index (χ1v) is 7.79. The quantitative estimate of drug-likeness (QED) is 0.613. The van der Waals surface area contributed by atoms with Crippen LogP contribution in [0, 0.1) is 0 Å². The number of rotatable bonds is 5. The van der Waals surface area contributed by atoms with Gasteiger partial charge in [0.2, 0.25) is 5.75 Å². The van der Waals surface area contributed by atoms with Gasteiger partial charge in [0.15, 0.2) is 11.5 Å². The van der Waals surface area contributed by atoms with Gasteiger partial charge in [0, 0.05) is 11.5 Å². The standard InChI is InChI=1S/C19H20O6/c1-21-12-5-6-15-14(9-12)13(10-18(20)25-15)11-7-16(22-2)19(24-4)17(8-11)23-3/h5-9,13H,10H2,1-4H3. The zero-order chi connectivity index (χ0) is 18.0. The van der Waals surface area contributed by atoms with Crippen LogP contribution in [0.3, 0.4) is 0 Å². The van der Waals surface area contributed by atoms with E-state index >= 15 is 0 Å². The summed E-state index contributed by atoms with van der Waals surface area (Å²) in [7, 11) is 6.28. The third-order valence-corrected chi connectivity index (χ3v) is 4.28. The van der Waals surface area contributed by atoms with E-state index in [0.717, 1.165) is 11.1 Å². The number of carbonyl (C=O) groups excluding carboxylic acids is 1. The van der Waals surface area contributed by atoms with Gasteiger partial charge in [0.1, 0.15) is 11.5 Å². The Kier molecular flexibility index (Phi) is 4.70. The van der Waals surface area contributed by atoms with E-state index in [1.54, 1.807) is 40.6 Å². The molecule has 6 heteroatoms. The number of benzene rings is 2. The van der Waals surface area contributed by atoms with Crippen molar-refractivity contribution < 1.29 is 28.5 Å². The molecule has 25 heavy (non-hydrogen) atoms. The summed E-state index contributed by atoms with van der Waals surface area (Å²) in [5.41, 5.74) is 1.76. The van der Waals surface area contributed by atoms with Crippen LogP contribution >= 0.6 is 0 Å². The molecule has 1 aliphatic heterocycles. The van der Waals surface area contributed by atoms with Gasteiger partial charge in [0.05, 0.1) is 34.9 Å². The van der Waals surface area contributed by atoms with Crippen molar-refractivity contribution in [1.29, 1.82) is 0 Å². The van der Waals surface area contributed by atoms with E-state index in [1.165, 1.54) is 0 Å². The molecular formula is C19H20O6. The Morgan fingerprint density at radius 3 is 2.16 bits per heavy atom. The maximum Gasteiger partial charge on any atom is 0.312 e. The molecule has 0 aliphatic carbocycles. The molecule has 2 aromatic rings. The molecular weight excluding hydrogens is 324 g/mol. The Bertz CT molecular complexity index is 773. The topological polar surface area (TPSA) is 63.2 Å². The number of hydrogen-bond donors (Lipinski definition) is 0. The van der Waals surface area contributed by atoms with Gasteiger partial charge in [-0.25, -0.2) is 0 Å².